The quantitative estimate of drug-likeness (QED) is 0.407. The van der Waals surface area contributed by atoms with Crippen molar-refractivity contribution in [3.05, 3.63) is 45.4 Å². The van der Waals surface area contributed by atoms with Gasteiger partial charge in [-0.2, -0.15) is 0 Å². The number of benzene rings is 2. The number of methoxy groups -OCH3 is 3. The van der Waals surface area contributed by atoms with Gasteiger partial charge in [-0.15, -0.1) is 0 Å². The molecule has 0 bridgehead atoms. The topological polar surface area (TPSA) is 70.0 Å². The van der Waals surface area contributed by atoms with Gasteiger partial charge in [0.15, 0.2) is 0 Å². The van der Waals surface area contributed by atoms with Gasteiger partial charge in [0.25, 0.3) is 11.7 Å². The molecule has 5 rings (SSSR count). The first-order valence-electron chi connectivity index (χ1n) is 9.85. The Labute approximate surface area is 193 Å². The maximum absolute atomic E-state index is 13.0. The van der Waals surface area contributed by atoms with Crippen LogP contribution in [0.1, 0.15) is 29.1 Å². The molecule has 0 aliphatic carbocycles. The van der Waals surface area contributed by atoms with Gasteiger partial charge in [0.1, 0.15) is 27.6 Å². The lowest BCUT2D eigenvalue weighted by molar-refractivity contribution is -0.115. The Hall–Kier alpha value is -3.17. The summed E-state index contributed by atoms with van der Waals surface area (Å²) in [6, 6.07) is 8.96. The fraction of sp³-hybridized carbons (Fsp3) is 0.261. The molecule has 0 radical (unpaired) electrons. The molecule has 2 aliphatic heterocycles. The van der Waals surface area contributed by atoms with E-state index >= 15 is 0 Å². The second kappa shape index (κ2) is 6.91. The SMILES string of the molecule is COc1cc2c3c(c1)-c1c(sn(-c4cc(OC)ccc4OC)c1=S)C(C)(C)N3C(=O)C2=O. The number of hydrogen-bond acceptors (Lipinski definition) is 7. The molecule has 164 valence electrons. The van der Waals surface area contributed by atoms with E-state index in [1.165, 1.54) is 18.6 Å². The average molecular weight is 469 g/mol. The van der Waals surface area contributed by atoms with Crippen molar-refractivity contribution < 1.29 is 23.8 Å². The maximum atomic E-state index is 13.0. The van der Waals surface area contributed by atoms with Crippen molar-refractivity contribution in [2.75, 3.05) is 26.2 Å². The van der Waals surface area contributed by atoms with Crippen molar-refractivity contribution >= 4 is 41.1 Å². The van der Waals surface area contributed by atoms with E-state index in [1.807, 2.05) is 42.1 Å². The van der Waals surface area contributed by atoms with E-state index in [0.717, 1.165) is 21.7 Å². The minimum absolute atomic E-state index is 0.342. The smallest absolute Gasteiger partial charge is 0.300 e. The van der Waals surface area contributed by atoms with Crippen LogP contribution >= 0.6 is 23.8 Å². The third kappa shape index (κ3) is 2.55. The van der Waals surface area contributed by atoms with Crippen LogP contribution in [0.5, 0.6) is 17.2 Å². The number of hydrogen-bond donors (Lipinski definition) is 0. The van der Waals surface area contributed by atoms with E-state index in [2.05, 4.69) is 0 Å². The molecule has 0 N–H and O–H groups in total. The largest absolute Gasteiger partial charge is 0.497 e. The first-order valence-corrected chi connectivity index (χ1v) is 11.0. The molecule has 0 saturated heterocycles. The summed E-state index contributed by atoms with van der Waals surface area (Å²) in [7, 11) is 4.73. The zero-order valence-corrected chi connectivity index (χ0v) is 19.8. The van der Waals surface area contributed by atoms with Crippen LogP contribution in [0.25, 0.3) is 16.8 Å². The third-order valence-electron chi connectivity index (χ3n) is 5.98. The van der Waals surface area contributed by atoms with Gasteiger partial charge in [-0.1, -0.05) is 23.8 Å². The molecule has 9 heteroatoms. The van der Waals surface area contributed by atoms with Gasteiger partial charge >= 0.3 is 0 Å². The van der Waals surface area contributed by atoms with Crippen LogP contribution < -0.4 is 19.1 Å². The van der Waals surface area contributed by atoms with E-state index in [1.54, 1.807) is 25.2 Å². The predicted molar refractivity (Wildman–Crippen MR) is 124 cm³/mol. The maximum Gasteiger partial charge on any atom is 0.300 e. The van der Waals surface area contributed by atoms with Crippen LogP contribution in [-0.2, 0) is 10.3 Å². The molecule has 2 aliphatic rings. The summed E-state index contributed by atoms with van der Waals surface area (Å²) in [5.74, 6) is 0.728. The van der Waals surface area contributed by atoms with Gasteiger partial charge in [-0.3, -0.25) is 18.4 Å². The summed E-state index contributed by atoms with van der Waals surface area (Å²) in [6.07, 6.45) is 0. The van der Waals surface area contributed by atoms with Crippen molar-refractivity contribution in [2.24, 2.45) is 0 Å². The number of ether oxygens (including phenoxy) is 3. The highest BCUT2D eigenvalue weighted by atomic mass is 32.1. The molecule has 0 atom stereocenters. The Kier molecular flexibility index (Phi) is 4.48. The summed E-state index contributed by atoms with van der Waals surface area (Å²) in [5, 5.41) is 0. The third-order valence-corrected chi connectivity index (χ3v) is 7.93. The van der Waals surface area contributed by atoms with Gasteiger partial charge < -0.3 is 14.2 Å². The van der Waals surface area contributed by atoms with Crippen molar-refractivity contribution in [2.45, 2.75) is 19.4 Å². The number of ketones is 1. The zero-order valence-electron chi connectivity index (χ0n) is 18.1. The van der Waals surface area contributed by atoms with E-state index in [9.17, 15) is 9.59 Å². The number of anilines is 1. The minimum Gasteiger partial charge on any atom is -0.497 e. The molecule has 3 aromatic rings. The lowest BCUT2D eigenvalue weighted by Gasteiger charge is -2.39. The molecular weight excluding hydrogens is 448 g/mol. The van der Waals surface area contributed by atoms with Gasteiger partial charge in [0.2, 0.25) is 0 Å². The summed E-state index contributed by atoms with van der Waals surface area (Å²) in [5.41, 5.74) is 2.43. The van der Waals surface area contributed by atoms with Gasteiger partial charge in [0, 0.05) is 17.2 Å². The number of fused-ring (bicyclic) bond motifs is 2. The van der Waals surface area contributed by atoms with Crippen molar-refractivity contribution in [3.8, 4) is 34.1 Å². The molecular formula is C23H20N2O5S2. The Morgan fingerprint density at radius 1 is 0.938 bits per heavy atom. The Morgan fingerprint density at radius 2 is 1.62 bits per heavy atom. The number of carbonyl (C=O) groups is 2. The standard InChI is InChI=1S/C23H20N2O5S2/c1-23(2)20-17(13-8-12(29-4)9-14-18(13)24(23)21(27)19(14)26)22(31)25(32-20)15-10-11(28-3)6-7-16(15)30-5/h6-10H,1-5H3. The van der Waals surface area contributed by atoms with Crippen LogP contribution in [0.15, 0.2) is 30.3 Å². The van der Waals surface area contributed by atoms with E-state index < -0.39 is 17.2 Å². The molecule has 2 aromatic carbocycles. The molecule has 0 fully saturated rings. The normalized spacial score (nSPS) is 15.5. The summed E-state index contributed by atoms with van der Waals surface area (Å²) in [6.45, 7) is 3.86. The zero-order chi connectivity index (χ0) is 22.9. The van der Waals surface area contributed by atoms with Crippen LogP contribution in [0.2, 0.25) is 0 Å². The molecule has 7 nitrogen and oxygen atoms in total. The first kappa shape index (κ1) is 20.7. The fourth-order valence-corrected chi connectivity index (χ4v) is 6.13. The summed E-state index contributed by atoms with van der Waals surface area (Å²) >= 11 is 7.37. The van der Waals surface area contributed by atoms with Gasteiger partial charge in [-0.05, 0) is 38.1 Å². The van der Waals surface area contributed by atoms with E-state index in [4.69, 9.17) is 26.4 Å². The highest BCUT2D eigenvalue weighted by molar-refractivity contribution is 7.71. The molecule has 0 saturated carbocycles. The predicted octanol–water partition coefficient (Wildman–Crippen LogP) is 4.74. The fourth-order valence-electron chi connectivity index (χ4n) is 4.43. The summed E-state index contributed by atoms with van der Waals surface area (Å²) < 4.78 is 18.9. The number of Topliss-reactive ketones (excluding diaryl/α,β-unsaturated/α-hetero) is 1. The molecule has 32 heavy (non-hydrogen) atoms. The molecule has 1 amide bonds. The van der Waals surface area contributed by atoms with Gasteiger partial charge in [-0.25, -0.2) is 0 Å². The number of amides is 1. The molecule has 0 unspecified atom stereocenters. The number of rotatable bonds is 4. The second-order valence-electron chi connectivity index (χ2n) is 8.03. The van der Waals surface area contributed by atoms with Crippen LogP contribution in [0, 0.1) is 4.64 Å². The highest BCUT2D eigenvalue weighted by Crippen LogP contribution is 2.55. The molecule has 0 spiro atoms. The highest BCUT2D eigenvalue weighted by Gasteiger charge is 2.51. The molecule has 1 aromatic heterocycles. The van der Waals surface area contributed by atoms with Crippen molar-refractivity contribution in [1.82, 2.24) is 3.96 Å². The Bertz CT molecular complexity index is 1390. The lowest BCUT2D eigenvalue weighted by atomic mass is 9.87. The van der Waals surface area contributed by atoms with Crippen molar-refractivity contribution in [3.63, 3.8) is 0 Å². The minimum atomic E-state index is -0.773. The van der Waals surface area contributed by atoms with Crippen LogP contribution in [-0.4, -0.2) is 37.0 Å². The molecule has 3 heterocycles. The summed E-state index contributed by atoms with van der Waals surface area (Å²) in [4.78, 5) is 28.3. The van der Waals surface area contributed by atoms with Crippen molar-refractivity contribution in [1.29, 1.82) is 0 Å². The number of aromatic nitrogens is 1. The Morgan fingerprint density at radius 3 is 2.28 bits per heavy atom. The van der Waals surface area contributed by atoms with Crippen LogP contribution in [0.4, 0.5) is 5.69 Å². The average Bonchev–Trinajstić information content (AvgIpc) is 3.27. The number of carbonyl (C=O) groups excluding carboxylic acids is 2. The first-order chi connectivity index (χ1) is 15.2. The van der Waals surface area contributed by atoms with E-state index in [0.29, 0.717) is 33.1 Å². The Balaban J connectivity index is 1.87. The van der Waals surface area contributed by atoms with E-state index in [-0.39, 0.29) is 0 Å². The monoisotopic (exact) mass is 468 g/mol. The van der Waals surface area contributed by atoms with Crippen LogP contribution in [0.3, 0.4) is 0 Å². The lowest BCUT2D eigenvalue weighted by Crippen LogP contribution is -2.46. The van der Waals surface area contributed by atoms with Gasteiger partial charge in [0.05, 0.1) is 43.0 Å². The second-order valence-corrected chi connectivity index (χ2v) is 9.38. The number of nitrogens with zero attached hydrogens (tertiary/aromatic N) is 2.